The Morgan fingerprint density at radius 3 is 2.18 bits per heavy atom. The first-order chi connectivity index (χ1) is 10.2. The number of rotatable bonds is 3. The fraction of sp³-hybridized carbons (Fsp3) is 0.0714. The van der Waals surface area contributed by atoms with Crippen LogP contribution in [-0.2, 0) is 9.84 Å². The smallest absolute Gasteiger partial charge is 0.322 e. The van der Waals surface area contributed by atoms with Gasteiger partial charge in [0.25, 0.3) is 15.7 Å². The quantitative estimate of drug-likeness (QED) is 0.940. The highest BCUT2D eigenvalue weighted by Crippen LogP contribution is 2.31. The van der Waals surface area contributed by atoms with Gasteiger partial charge in [-0.25, -0.2) is 8.42 Å². The first-order valence-corrected chi connectivity index (χ1v) is 7.48. The fourth-order valence-electron chi connectivity index (χ4n) is 1.67. The molecule has 0 bridgehead atoms. The van der Waals surface area contributed by atoms with Crippen molar-refractivity contribution in [3.05, 3.63) is 60.2 Å². The molecule has 0 unspecified atom stereocenters. The molecule has 0 aliphatic carbocycles. The van der Waals surface area contributed by atoms with E-state index in [0.717, 1.165) is 18.2 Å². The molecule has 0 fully saturated rings. The van der Waals surface area contributed by atoms with E-state index in [0.29, 0.717) is 5.56 Å². The molecule has 0 aliphatic rings. The summed E-state index contributed by atoms with van der Waals surface area (Å²) >= 11 is 0. The van der Waals surface area contributed by atoms with Crippen LogP contribution >= 0.6 is 0 Å². The molecule has 0 saturated carbocycles. The molecule has 8 heteroatoms. The van der Waals surface area contributed by atoms with Crippen molar-refractivity contribution in [2.24, 2.45) is 0 Å². The van der Waals surface area contributed by atoms with Crippen molar-refractivity contribution in [2.75, 3.05) is 5.32 Å². The zero-order valence-corrected chi connectivity index (χ0v) is 11.8. The van der Waals surface area contributed by atoms with Crippen LogP contribution in [0.2, 0.25) is 0 Å². The van der Waals surface area contributed by atoms with Gasteiger partial charge in [0.2, 0.25) is 0 Å². The van der Waals surface area contributed by atoms with Crippen molar-refractivity contribution in [1.29, 1.82) is 0 Å². The average molecular weight is 329 g/mol. The number of carbonyl (C=O) groups is 1. The number of halogens is 3. The van der Waals surface area contributed by atoms with Crippen molar-refractivity contribution in [1.82, 2.24) is 0 Å². The van der Waals surface area contributed by atoms with Gasteiger partial charge in [-0.3, -0.25) is 4.79 Å². The van der Waals surface area contributed by atoms with Crippen molar-refractivity contribution in [3.63, 3.8) is 0 Å². The molecule has 0 aliphatic heterocycles. The number of carbonyl (C=O) groups excluding carboxylic acids is 1. The van der Waals surface area contributed by atoms with Crippen LogP contribution in [0, 0.1) is 0 Å². The van der Waals surface area contributed by atoms with Gasteiger partial charge >= 0.3 is 5.51 Å². The van der Waals surface area contributed by atoms with E-state index in [4.69, 9.17) is 0 Å². The Hall–Kier alpha value is -2.35. The summed E-state index contributed by atoms with van der Waals surface area (Å²) in [4.78, 5) is 11.0. The second-order valence-corrected chi connectivity index (χ2v) is 6.24. The van der Waals surface area contributed by atoms with E-state index >= 15 is 0 Å². The van der Waals surface area contributed by atoms with Crippen molar-refractivity contribution in [3.8, 4) is 0 Å². The fourth-order valence-corrected chi connectivity index (χ4v) is 2.47. The number of nitrogens with one attached hydrogen (secondary N) is 1. The summed E-state index contributed by atoms with van der Waals surface area (Å²) < 4.78 is 60.2. The van der Waals surface area contributed by atoms with Crippen LogP contribution in [0.3, 0.4) is 0 Å². The molecule has 0 radical (unpaired) electrons. The Bertz CT molecular complexity index is 786. The number of anilines is 1. The lowest BCUT2D eigenvalue weighted by molar-refractivity contribution is -0.0435. The van der Waals surface area contributed by atoms with E-state index in [1.54, 1.807) is 18.2 Å². The van der Waals surface area contributed by atoms with E-state index in [2.05, 4.69) is 5.32 Å². The normalized spacial score (nSPS) is 12.0. The summed E-state index contributed by atoms with van der Waals surface area (Å²) in [6, 6.07) is 12.0. The van der Waals surface area contributed by atoms with E-state index in [1.165, 1.54) is 18.2 Å². The highest BCUT2D eigenvalue weighted by Gasteiger charge is 2.46. The lowest BCUT2D eigenvalue weighted by atomic mass is 10.2. The van der Waals surface area contributed by atoms with Crippen molar-refractivity contribution in [2.45, 2.75) is 10.4 Å². The Morgan fingerprint density at radius 2 is 1.59 bits per heavy atom. The summed E-state index contributed by atoms with van der Waals surface area (Å²) in [6.45, 7) is 0. The van der Waals surface area contributed by atoms with Crippen LogP contribution in [0.25, 0.3) is 0 Å². The molecule has 0 aromatic heterocycles. The molecule has 0 heterocycles. The molecule has 1 amide bonds. The van der Waals surface area contributed by atoms with Crippen LogP contribution in [0.1, 0.15) is 10.4 Å². The highest BCUT2D eigenvalue weighted by molar-refractivity contribution is 7.92. The molecule has 22 heavy (non-hydrogen) atoms. The van der Waals surface area contributed by atoms with Gasteiger partial charge in [-0.2, -0.15) is 13.2 Å². The summed E-state index contributed by atoms with van der Waals surface area (Å²) in [5.74, 6) is -0.554. The summed E-state index contributed by atoms with van der Waals surface area (Å²) in [5, 5.41) is 2.35. The van der Waals surface area contributed by atoms with Gasteiger partial charge in [-0.05, 0) is 30.3 Å². The molecule has 0 atom stereocenters. The SMILES string of the molecule is O=C(Nc1cccc(S(=O)(=O)C(F)(F)F)c1)c1ccccc1. The van der Waals surface area contributed by atoms with Gasteiger partial charge in [0.1, 0.15) is 0 Å². The van der Waals surface area contributed by atoms with Crippen LogP contribution in [-0.4, -0.2) is 19.8 Å². The van der Waals surface area contributed by atoms with Gasteiger partial charge in [0.15, 0.2) is 0 Å². The van der Waals surface area contributed by atoms with E-state index < -0.39 is 26.1 Å². The number of hydrogen-bond donors (Lipinski definition) is 1. The van der Waals surface area contributed by atoms with Crippen molar-refractivity contribution >= 4 is 21.4 Å². The number of sulfone groups is 1. The number of benzene rings is 2. The first-order valence-electron chi connectivity index (χ1n) is 5.99. The Balaban J connectivity index is 2.29. The molecule has 1 N–H and O–H groups in total. The van der Waals surface area contributed by atoms with Crippen LogP contribution < -0.4 is 5.32 Å². The van der Waals surface area contributed by atoms with Gasteiger partial charge in [-0.15, -0.1) is 0 Å². The summed E-state index contributed by atoms with van der Waals surface area (Å²) in [6.07, 6.45) is 0. The van der Waals surface area contributed by atoms with Gasteiger partial charge < -0.3 is 5.32 Å². The van der Waals surface area contributed by atoms with E-state index in [9.17, 15) is 26.4 Å². The largest absolute Gasteiger partial charge is 0.501 e. The molecular weight excluding hydrogens is 319 g/mol. The Kier molecular flexibility index (Phi) is 4.23. The lowest BCUT2D eigenvalue weighted by Crippen LogP contribution is -2.23. The second kappa shape index (κ2) is 5.80. The molecule has 0 spiro atoms. The predicted molar refractivity (Wildman–Crippen MR) is 74.1 cm³/mol. The monoisotopic (exact) mass is 329 g/mol. The second-order valence-electron chi connectivity index (χ2n) is 4.30. The topological polar surface area (TPSA) is 63.2 Å². The van der Waals surface area contributed by atoms with Crippen LogP contribution in [0.5, 0.6) is 0 Å². The minimum absolute atomic E-state index is 0.0424. The third kappa shape index (κ3) is 3.28. The van der Waals surface area contributed by atoms with Gasteiger partial charge in [0.05, 0.1) is 4.90 Å². The molecule has 2 rings (SSSR count). The number of hydrogen-bond acceptors (Lipinski definition) is 3. The first kappa shape index (κ1) is 16.0. The Morgan fingerprint density at radius 1 is 0.955 bits per heavy atom. The number of amides is 1. The molecule has 2 aromatic rings. The van der Waals surface area contributed by atoms with Gasteiger partial charge in [-0.1, -0.05) is 24.3 Å². The molecule has 4 nitrogen and oxygen atoms in total. The van der Waals surface area contributed by atoms with Crippen molar-refractivity contribution < 1.29 is 26.4 Å². The third-order valence-electron chi connectivity index (χ3n) is 2.74. The highest BCUT2D eigenvalue weighted by atomic mass is 32.2. The minimum atomic E-state index is -5.45. The standard InChI is InChI=1S/C14H10F3NO3S/c15-14(16,17)22(20,21)12-8-4-7-11(9-12)18-13(19)10-5-2-1-3-6-10/h1-9H,(H,18,19). The molecular formula is C14H10F3NO3S. The predicted octanol–water partition coefficient (Wildman–Crippen LogP) is 3.23. The Labute approximate surface area is 124 Å². The maximum atomic E-state index is 12.5. The lowest BCUT2D eigenvalue weighted by Gasteiger charge is -2.10. The molecule has 2 aromatic carbocycles. The average Bonchev–Trinajstić information content (AvgIpc) is 2.47. The van der Waals surface area contributed by atoms with Crippen LogP contribution in [0.15, 0.2) is 59.5 Å². The third-order valence-corrected chi connectivity index (χ3v) is 4.23. The molecule has 116 valence electrons. The van der Waals surface area contributed by atoms with Gasteiger partial charge in [0, 0.05) is 11.3 Å². The van der Waals surface area contributed by atoms with E-state index in [1.807, 2.05) is 0 Å². The maximum Gasteiger partial charge on any atom is 0.501 e. The summed E-state index contributed by atoms with van der Waals surface area (Å²) in [5.41, 5.74) is -5.14. The zero-order valence-electron chi connectivity index (χ0n) is 11.0. The summed E-state index contributed by atoms with van der Waals surface area (Å²) in [7, 11) is -5.45. The number of alkyl halides is 3. The van der Waals surface area contributed by atoms with Crippen LogP contribution in [0.4, 0.5) is 18.9 Å². The zero-order chi connectivity index (χ0) is 16.4. The maximum absolute atomic E-state index is 12.5. The molecule has 0 saturated heterocycles. The van der Waals surface area contributed by atoms with E-state index in [-0.39, 0.29) is 5.69 Å². The minimum Gasteiger partial charge on any atom is -0.322 e.